The summed E-state index contributed by atoms with van der Waals surface area (Å²) in [7, 11) is 0. The van der Waals surface area contributed by atoms with Crippen molar-refractivity contribution in [1.82, 2.24) is 5.32 Å². The molecule has 1 heterocycles. The zero-order valence-corrected chi connectivity index (χ0v) is 12.0. The van der Waals surface area contributed by atoms with Crippen LogP contribution in [0.5, 0.6) is 0 Å². The molecule has 1 aliphatic heterocycles. The lowest BCUT2D eigenvalue weighted by Crippen LogP contribution is -2.41. The third kappa shape index (κ3) is 4.23. The first-order valence-corrected chi connectivity index (χ1v) is 7.50. The van der Waals surface area contributed by atoms with Crippen LogP contribution in [0.2, 0.25) is 0 Å². The molecule has 4 heteroatoms. The van der Waals surface area contributed by atoms with Crippen LogP contribution in [-0.4, -0.2) is 31.3 Å². The summed E-state index contributed by atoms with van der Waals surface area (Å²) in [5, 5.41) is 3.35. The Morgan fingerprint density at radius 1 is 1.32 bits per heavy atom. The zero-order chi connectivity index (χ0) is 13.7. The van der Waals surface area contributed by atoms with Crippen LogP contribution in [-0.2, 0) is 4.74 Å². The number of hydrogen-bond acceptors (Lipinski definition) is 2. The van der Waals surface area contributed by atoms with Gasteiger partial charge in [-0.05, 0) is 26.2 Å². The topological polar surface area (TPSA) is 59.6 Å². The fraction of sp³-hybridized carbons (Fsp3) is 0.800. The van der Waals surface area contributed by atoms with Crippen LogP contribution in [0.1, 0.15) is 45.4 Å². The van der Waals surface area contributed by atoms with Gasteiger partial charge in [-0.1, -0.05) is 31.4 Å². The number of rotatable bonds is 4. The van der Waals surface area contributed by atoms with Gasteiger partial charge in [-0.15, -0.1) is 0 Å². The van der Waals surface area contributed by atoms with Crippen LogP contribution < -0.4 is 11.1 Å². The van der Waals surface area contributed by atoms with Crippen LogP contribution in [0.3, 0.4) is 0 Å². The molecule has 1 saturated heterocycles. The van der Waals surface area contributed by atoms with Gasteiger partial charge in [0.2, 0.25) is 0 Å². The summed E-state index contributed by atoms with van der Waals surface area (Å²) >= 11 is 0. The van der Waals surface area contributed by atoms with Crippen molar-refractivity contribution in [2.45, 2.75) is 57.6 Å². The van der Waals surface area contributed by atoms with Crippen molar-refractivity contribution in [1.29, 1.82) is 0 Å². The van der Waals surface area contributed by atoms with Crippen molar-refractivity contribution in [3.8, 4) is 0 Å². The number of nitrogens with zero attached hydrogens (tertiary/aromatic N) is 1. The van der Waals surface area contributed by atoms with Gasteiger partial charge in [-0.2, -0.15) is 0 Å². The van der Waals surface area contributed by atoms with E-state index in [1.54, 1.807) is 0 Å². The minimum Gasteiger partial charge on any atom is -0.374 e. The Kier molecular flexibility index (Phi) is 5.25. The lowest BCUT2D eigenvalue weighted by Gasteiger charge is -2.23. The Bertz CT molecular complexity index is 334. The predicted octanol–water partition coefficient (Wildman–Crippen LogP) is 2.20. The SMILES string of the molecule is C=C(C)C1OCCC1CN=C(N)NC1CCCCC1. The molecule has 2 fully saturated rings. The van der Waals surface area contributed by atoms with Crippen LogP contribution >= 0.6 is 0 Å². The number of ether oxygens (including phenoxy) is 1. The lowest BCUT2D eigenvalue weighted by atomic mass is 9.96. The fourth-order valence-corrected chi connectivity index (χ4v) is 3.08. The minimum atomic E-state index is 0.159. The first-order chi connectivity index (χ1) is 9.16. The van der Waals surface area contributed by atoms with Gasteiger partial charge in [0, 0.05) is 25.1 Å². The van der Waals surface area contributed by atoms with Gasteiger partial charge < -0.3 is 15.8 Å². The van der Waals surface area contributed by atoms with Gasteiger partial charge in [-0.3, -0.25) is 4.99 Å². The average Bonchev–Trinajstić information content (AvgIpc) is 2.86. The smallest absolute Gasteiger partial charge is 0.188 e. The van der Waals surface area contributed by atoms with E-state index in [2.05, 4.69) is 16.9 Å². The molecule has 2 atom stereocenters. The molecule has 0 amide bonds. The quantitative estimate of drug-likeness (QED) is 0.465. The second kappa shape index (κ2) is 6.94. The summed E-state index contributed by atoms with van der Waals surface area (Å²) in [6.45, 7) is 7.56. The number of nitrogens with one attached hydrogen (secondary N) is 1. The second-order valence-corrected chi connectivity index (χ2v) is 5.89. The van der Waals surface area contributed by atoms with Crippen LogP contribution in [0.4, 0.5) is 0 Å². The van der Waals surface area contributed by atoms with E-state index >= 15 is 0 Å². The van der Waals surface area contributed by atoms with Crippen molar-refractivity contribution < 1.29 is 4.74 Å². The summed E-state index contributed by atoms with van der Waals surface area (Å²) < 4.78 is 5.68. The first-order valence-electron chi connectivity index (χ1n) is 7.50. The van der Waals surface area contributed by atoms with E-state index < -0.39 is 0 Å². The maximum Gasteiger partial charge on any atom is 0.188 e. The third-order valence-corrected chi connectivity index (χ3v) is 4.15. The predicted molar refractivity (Wildman–Crippen MR) is 79.2 cm³/mol. The molecular weight excluding hydrogens is 238 g/mol. The Balaban J connectivity index is 1.78. The minimum absolute atomic E-state index is 0.159. The zero-order valence-electron chi connectivity index (χ0n) is 12.0. The highest BCUT2D eigenvalue weighted by molar-refractivity contribution is 5.78. The summed E-state index contributed by atoms with van der Waals surface area (Å²) in [4.78, 5) is 4.50. The number of hydrogen-bond donors (Lipinski definition) is 2. The molecule has 2 rings (SSSR count). The molecule has 0 aromatic rings. The lowest BCUT2D eigenvalue weighted by molar-refractivity contribution is 0.120. The summed E-state index contributed by atoms with van der Waals surface area (Å²) in [6, 6.07) is 0.522. The van der Waals surface area contributed by atoms with Crippen LogP contribution in [0.25, 0.3) is 0 Å². The van der Waals surface area contributed by atoms with Crippen molar-refractivity contribution in [2.75, 3.05) is 13.2 Å². The monoisotopic (exact) mass is 265 g/mol. The molecule has 2 unspecified atom stereocenters. The van der Waals surface area contributed by atoms with Crippen LogP contribution in [0, 0.1) is 5.92 Å². The molecule has 0 bridgehead atoms. The van der Waals surface area contributed by atoms with Gasteiger partial charge in [0.25, 0.3) is 0 Å². The van der Waals surface area contributed by atoms with E-state index in [4.69, 9.17) is 10.5 Å². The van der Waals surface area contributed by atoms with Gasteiger partial charge in [0.15, 0.2) is 5.96 Å². The Hall–Kier alpha value is -1.03. The van der Waals surface area contributed by atoms with Crippen LogP contribution in [0.15, 0.2) is 17.1 Å². The Morgan fingerprint density at radius 3 is 2.74 bits per heavy atom. The summed E-state index contributed by atoms with van der Waals surface area (Å²) in [5.74, 6) is 1.03. The largest absolute Gasteiger partial charge is 0.374 e. The molecule has 4 nitrogen and oxygen atoms in total. The van der Waals surface area contributed by atoms with Crippen molar-refractivity contribution in [3.63, 3.8) is 0 Å². The van der Waals surface area contributed by atoms with Crippen molar-refractivity contribution in [2.24, 2.45) is 16.6 Å². The fourth-order valence-electron chi connectivity index (χ4n) is 3.08. The van der Waals surface area contributed by atoms with E-state index in [1.807, 2.05) is 6.92 Å². The van der Waals surface area contributed by atoms with Gasteiger partial charge in [0.1, 0.15) is 0 Å². The van der Waals surface area contributed by atoms with E-state index in [0.29, 0.717) is 17.9 Å². The maximum absolute atomic E-state index is 5.98. The summed E-state index contributed by atoms with van der Waals surface area (Å²) in [6.07, 6.45) is 7.62. The molecule has 0 spiro atoms. The molecule has 108 valence electrons. The number of guanidine groups is 1. The molecular formula is C15H27N3O. The highest BCUT2D eigenvalue weighted by atomic mass is 16.5. The second-order valence-electron chi connectivity index (χ2n) is 5.89. The van der Waals surface area contributed by atoms with E-state index in [0.717, 1.165) is 25.1 Å². The normalized spacial score (nSPS) is 29.4. The Morgan fingerprint density at radius 2 is 2.05 bits per heavy atom. The van der Waals surface area contributed by atoms with Gasteiger partial charge >= 0.3 is 0 Å². The number of aliphatic imine (C=N–C) groups is 1. The van der Waals surface area contributed by atoms with E-state index in [-0.39, 0.29) is 6.10 Å². The molecule has 1 saturated carbocycles. The van der Waals surface area contributed by atoms with Crippen molar-refractivity contribution in [3.05, 3.63) is 12.2 Å². The first kappa shape index (κ1) is 14.4. The highest BCUT2D eigenvalue weighted by Gasteiger charge is 2.28. The molecule has 1 aliphatic carbocycles. The molecule has 19 heavy (non-hydrogen) atoms. The van der Waals surface area contributed by atoms with E-state index in [1.165, 1.54) is 32.1 Å². The Labute approximate surface area is 116 Å². The molecule has 0 aromatic heterocycles. The third-order valence-electron chi connectivity index (χ3n) is 4.15. The van der Waals surface area contributed by atoms with Gasteiger partial charge in [-0.25, -0.2) is 0 Å². The summed E-state index contributed by atoms with van der Waals surface area (Å²) in [5.41, 5.74) is 7.07. The number of nitrogens with two attached hydrogens (primary N) is 1. The molecule has 3 N–H and O–H groups in total. The van der Waals surface area contributed by atoms with Gasteiger partial charge in [0.05, 0.1) is 6.10 Å². The van der Waals surface area contributed by atoms with Crippen molar-refractivity contribution >= 4 is 5.96 Å². The standard InChI is InChI=1S/C15H27N3O/c1-11(2)14-12(8-9-19-14)10-17-15(16)18-13-6-4-3-5-7-13/h12-14H,1,3-10H2,2H3,(H3,16,17,18). The average molecular weight is 265 g/mol. The molecule has 0 radical (unpaired) electrons. The van der Waals surface area contributed by atoms with E-state index in [9.17, 15) is 0 Å². The molecule has 0 aromatic carbocycles. The highest BCUT2D eigenvalue weighted by Crippen LogP contribution is 2.25. The maximum atomic E-state index is 5.98. The molecule has 2 aliphatic rings.